The van der Waals surface area contributed by atoms with Gasteiger partial charge in [-0.3, -0.25) is 0 Å². The van der Waals surface area contributed by atoms with Gasteiger partial charge in [-0.15, -0.1) is 0 Å². The second kappa shape index (κ2) is 4.56. The van der Waals surface area contributed by atoms with Crippen LogP contribution < -0.4 is 10.6 Å². The number of hydrogen-bond acceptors (Lipinski definition) is 5. The summed E-state index contributed by atoms with van der Waals surface area (Å²) in [5, 5.41) is 1.99. The summed E-state index contributed by atoms with van der Waals surface area (Å²) in [6, 6.07) is 3.99. The lowest BCUT2D eigenvalue weighted by atomic mass is 9.70. The van der Waals surface area contributed by atoms with Gasteiger partial charge in [0.25, 0.3) is 0 Å². The Bertz CT molecular complexity index is 984. The molecule has 4 heterocycles. The smallest absolute Gasteiger partial charge is 0.408 e. The van der Waals surface area contributed by atoms with Gasteiger partial charge in [0.05, 0.1) is 6.17 Å². The highest BCUT2D eigenvalue weighted by Gasteiger charge is 2.33. The number of hydrogen-bond donors (Lipinski definition) is 0. The van der Waals surface area contributed by atoms with Crippen molar-refractivity contribution in [2.45, 2.75) is 20.0 Å². The van der Waals surface area contributed by atoms with E-state index in [1.165, 1.54) is 4.90 Å². The molecule has 2 aromatic heterocycles. The van der Waals surface area contributed by atoms with Gasteiger partial charge < -0.3 is 18.9 Å². The number of aryl methyl sites for hydroxylation is 1. The standard InChI is InChI=1S/C16H19BN4O/c1-11-5-6-13-14-10-20(4)17(9-15(14)22-16(13)18-11)21-8-7-19(3)12(21)2/h5-10,12H,1-4H3/t12-/m0/s1/i3D3. The first-order valence-electron chi connectivity index (χ1n) is 8.82. The molecule has 112 valence electrons. The van der Waals surface area contributed by atoms with Crippen molar-refractivity contribution in [2.24, 2.45) is 0 Å². The molecule has 0 bridgehead atoms. The first kappa shape index (κ1) is 10.4. The summed E-state index contributed by atoms with van der Waals surface area (Å²) in [6.45, 7) is 1.53. The molecule has 5 nitrogen and oxygen atoms in total. The van der Waals surface area contributed by atoms with Crippen LogP contribution in [-0.4, -0.2) is 46.7 Å². The average Bonchev–Trinajstić information content (AvgIpc) is 3.06. The minimum absolute atomic E-state index is 0.132. The Morgan fingerprint density at radius 2 is 2.23 bits per heavy atom. The van der Waals surface area contributed by atoms with Crippen LogP contribution in [0.3, 0.4) is 0 Å². The molecule has 0 fully saturated rings. The van der Waals surface area contributed by atoms with E-state index in [-0.39, 0.29) is 13.1 Å². The molecule has 0 N–H and O–H groups in total. The van der Waals surface area contributed by atoms with E-state index in [1.54, 1.807) is 6.20 Å². The highest BCUT2D eigenvalue weighted by molar-refractivity contribution is 6.69. The van der Waals surface area contributed by atoms with E-state index >= 15 is 0 Å². The van der Waals surface area contributed by atoms with E-state index in [4.69, 9.17) is 8.53 Å². The van der Waals surface area contributed by atoms with Gasteiger partial charge in [-0.05, 0) is 39.0 Å². The van der Waals surface area contributed by atoms with Gasteiger partial charge in [0.2, 0.25) is 5.71 Å². The molecule has 0 aliphatic carbocycles. The Kier molecular flexibility index (Phi) is 2.15. The maximum Gasteiger partial charge on any atom is 0.408 e. The monoisotopic (exact) mass is 297 g/mol. The van der Waals surface area contributed by atoms with Crippen LogP contribution >= 0.6 is 0 Å². The molecule has 1 atom stereocenters. The Balaban J connectivity index is 1.76. The van der Waals surface area contributed by atoms with Gasteiger partial charge in [0.15, 0.2) is 0 Å². The molecule has 0 amide bonds. The lowest BCUT2D eigenvalue weighted by molar-refractivity contribution is 0.266. The molecular formula is C16H19BN4O. The summed E-state index contributed by atoms with van der Waals surface area (Å²) >= 11 is 0. The second-order valence-electron chi connectivity index (χ2n) is 5.84. The largest absolute Gasteiger partial charge is 0.439 e. The van der Waals surface area contributed by atoms with Crippen LogP contribution in [-0.2, 0) is 0 Å². The fourth-order valence-electron chi connectivity index (χ4n) is 3.04. The zero-order valence-corrected chi connectivity index (χ0v) is 12.8. The fourth-order valence-corrected chi connectivity index (χ4v) is 3.04. The van der Waals surface area contributed by atoms with E-state index in [0.29, 0.717) is 5.71 Å². The minimum Gasteiger partial charge on any atom is -0.439 e. The maximum absolute atomic E-state index is 7.65. The molecule has 0 radical (unpaired) electrons. The predicted octanol–water partition coefficient (Wildman–Crippen LogP) is 0.692. The van der Waals surface area contributed by atoms with Crippen LogP contribution in [0.2, 0.25) is 0 Å². The summed E-state index contributed by atoms with van der Waals surface area (Å²) < 4.78 is 28.9. The lowest BCUT2D eigenvalue weighted by Gasteiger charge is -2.35. The van der Waals surface area contributed by atoms with Gasteiger partial charge in [-0.2, -0.15) is 0 Å². The van der Waals surface area contributed by atoms with Crippen molar-refractivity contribution in [1.29, 1.82) is 0 Å². The SMILES string of the molecule is [2H]C([2H])([2H])N1C=CN(B2C=c3oc4nc(C)ccc4c3=CN2C)[C@H]1C. The first-order chi connectivity index (χ1) is 11.8. The highest BCUT2D eigenvalue weighted by Crippen LogP contribution is 2.18. The van der Waals surface area contributed by atoms with Crippen molar-refractivity contribution in [3.05, 3.63) is 40.9 Å². The van der Waals surface area contributed by atoms with E-state index in [0.717, 1.165) is 21.7 Å². The number of rotatable bonds is 1. The Hall–Kier alpha value is -2.37. The molecular weight excluding hydrogens is 275 g/mol. The number of aromatic nitrogens is 1. The van der Waals surface area contributed by atoms with E-state index in [2.05, 4.69) is 9.79 Å². The van der Waals surface area contributed by atoms with Crippen molar-refractivity contribution in [3.8, 4) is 0 Å². The van der Waals surface area contributed by atoms with E-state index < -0.39 is 6.98 Å². The van der Waals surface area contributed by atoms with Gasteiger partial charge in [0, 0.05) is 46.0 Å². The third kappa shape index (κ3) is 1.83. The molecule has 4 rings (SSSR count). The van der Waals surface area contributed by atoms with Crippen LogP contribution in [0, 0.1) is 6.92 Å². The minimum atomic E-state index is -2.16. The van der Waals surface area contributed by atoms with Crippen molar-refractivity contribution >= 4 is 30.3 Å². The summed E-state index contributed by atoms with van der Waals surface area (Å²) in [6.07, 6.45) is 5.19. The zero-order valence-electron chi connectivity index (χ0n) is 15.8. The molecule has 2 aromatic rings. The summed E-state index contributed by atoms with van der Waals surface area (Å²) in [7, 11) is 1.98. The van der Waals surface area contributed by atoms with Crippen LogP contribution in [0.4, 0.5) is 0 Å². The van der Waals surface area contributed by atoms with E-state index in [9.17, 15) is 0 Å². The van der Waals surface area contributed by atoms with Gasteiger partial charge in [-0.25, -0.2) is 4.98 Å². The Morgan fingerprint density at radius 3 is 3.00 bits per heavy atom. The van der Waals surface area contributed by atoms with E-state index in [1.807, 2.05) is 56.2 Å². The molecule has 0 unspecified atom stereocenters. The number of nitrogens with zero attached hydrogens (tertiary/aromatic N) is 4. The summed E-state index contributed by atoms with van der Waals surface area (Å²) in [5.41, 5.74) is 2.30. The number of fused-ring (bicyclic) bond motifs is 3. The van der Waals surface area contributed by atoms with Crippen LogP contribution in [0.15, 0.2) is 28.9 Å². The average molecular weight is 297 g/mol. The maximum atomic E-state index is 7.65. The normalized spacial score (nSPS) is 23.0. The summed E-state index contributed by atoms with van der Waals surface area (Å²) in [4.78, 5) is 9.89. The Labute approximate surface area is 134 Å². The Morgan fingerprint density at radius 1 is 1.36 bits per heavy atom. The van der Waals surface area contributed by atoms with Crippen LogP contribution in [0.1, 0.15) is 16.7 Å². The molecule has 0 spiro atoms. The molecule has 2 aliphatic rings. The topological polar surface area (TPSA) is 35.8 Å². The van der Waals surface area contributed by atoms with Crippen molar-refractivity contribution in [3.63, 3.8) is 0 Å². The molecule has 2 aliphatic heterocycles. The van der Waals surface area contributed by atoms with Crippen molar-refractivity contribution in [2.75, 3.05) is 14.0 Å². The fraction of sp³-hybridized carbons (Fsp3) is 0.312. The van der Waals surface area contributed by atoms with Crippen molar-refractivity contribution in [1.82, 2.24) is 19.5 Å². The van der Waals surface area contributed by atoms with Crippen LogP contribution in [0.5, 0.6) is 0 Å². The molecule has 0 saturated heterocycles. The third-order valence-electron chi connectivity index (χ3n) is 4.35. The quantitative estimate of drug-likeness (QED) is 0.724. The molecule has 0 saturated carbocycles. The zero-order chi connectivity index (χ0) is 17.9. The third-order valence-corrected chi connectivity index (χ3v) is 4.35. The molecule has 6 heteroatoms. The predicted molar refractivity (Wildman–Crippen MR) is 88.6 cm³/mol. The number of pyridine rings is 1. The van der Waals surface area contributed by atoms with Gasteiger partial charge in [-0.1, -0.05) is 0 Å². The lowest BCUT2D eigenvalue weighted by Crippen LogP contribution is -2.53. The van der Waals surface area contributed by atoms with Gasteiger partial charge >= 0.3 is 6.98 Å². The van der Waals surface area contributed by atoms with Gasteiger partial charge in [0.1, 0.15) is 5.42 Å². The van der Waals surface area contributed by atoms with Crippen molar-refractivity contribution < 1.29 is 8.53 Å². The van der Waals surface area contributed by atoms with Crippen LogP contribution in [0.25, 0.3) is 23.3 Å². The summed E-state index contributed by atoms with van der Waals surface area (Å²) in [5.74, 6) is 2.01. The highest BCUT2D eigenvalue weighted by atomic mass is 16.3. The first-order valence-corrected chi connectivity index (χ1v) is 7.32. The molecule has 22 heavy (non-hydrogen) atoms. The molecule has 0 aromatic carbocycles. The number of furan rings is 1. The second-order valence-corrected chi connectivity index (χ2v) is 5.84.